The van der Waals surface area contributed by atoms with Crippen LogP contribution in [0.15, 0.2) is 54.9 Å². The Hall–Kier alpha value is -3.13. The van der Waals surface area contributed by atoms with Gasteiger partial charge in [-0.15, -0.1) is 5.10 Å². The van der Waals surface area contributed by atoms with Gasteiger partial charge in [-0.25, -0.2) is 14.5 Å². The third kappa shape index (κ3) is 3.08. The molecule has 0 aliphatic carbocycles. The fourth-order valence-corrected chi connectivity index (χ4v) is 4.24. The first kappa shape index (κ1) is 16.1. The number of hydrogen-bond acceptors (Lipinski definition) is 6. The number of rotatable bonds is 3. The molecule has 0 saturated carbocycles. The molecule has 0 radical (unpaired) electrons. The Balaban J connectivity index is 1.31. The van der Waals surface area contributed by atoms with Crippen molar-refractivity contribution in [2.45, 2.75) is 0 Å². The minimum Gasteiger partial charge on any atom is -0.508 e. The Kier molecular flexibility index (Phi) is 3.90. The number of phenols is 1. The first-order valence-corrected chi connectivity index (χ1v) is 9.70. The molecule has 1 aromatic carbocycles. The molecule has 27 heavy (non-hydrogen) atoms. The number of phenolic OH excluding ortho intramolecular Hbond substituents is 1. The number of fused-ring (bicyclic) bond motifs is 1. The standard InChI is InChI=1S/C19H18N6OS/c26-15-6-4-14(5-7-15)16-13-25-18(21-16)27-19(22-25)24-11-9-23(10-12-24)17-3-1-2-8-20-17/h1-8,13,26H,9-12H2/p+1. The third-order valence-corrected chi connectivity index (χ3v) is 5.76. The molecule has 0 unspecified atom stereocenters. The van der Waals surface area contributed by atoms with E-state index in [1.807, 2.05) is 35.1 Å². The van der Waals surface area contributed by atoms with Gasteiger partial charge < -0.3 is 10.0 Å². The van der Waals surface area contributed by atoms with Crippen molar-refractivity contribution >= 4 is 27.2 Å². The lowest BCUT2D eigenvalue weighted by atomic mass is 10.2. The summed E-state index contributed by atoms with van der Waals surface area (Å²) >= 11 is 1.61. The van der Waals surface area contributed by atoms with E-state index in [1.54, 1.807) is 23.5 Å². The van der Waals surface area contributed by atoms with Crippen LogP contribution in [0.4, 0.5) is 10.9 Å². The van der Waals surface area contributed by atoms with Crippen molar-refractivity contribution in [3.63, 3.8) is 0 Å². The summed E-state index contributed by atoms with van der Waals surface area (Å²) in [4.78, 5) is 13.5. The molecule has 3 aromatic heterocycles. The van der Waals surface area contributed by atoms with Crippen LogP contribution in [0.2, 0.25) is 0 Å². The largest absolute Gasteiger partial charge is 0.508 e. The van der Waals surface area contributed by atoms with Crippen LogP contribution in [-0.4, -0.2) is 45.9 Å². The number of pyridine rings is 1. The zero-order valence-electron chi connectivity index (χ0n) is 14.6. The lowest BCUT2D eigenvalue weighted by Gasteiger charge is -2.30. The van der Waals surface area contributed by atoms with E-state index in [0.717, 1.165) is 53.3 Å². The molecule has 0 atom stereocenters. The van der Waals surface area contributed by atoms with Crippen molar-refractivity contribution in [2.24, 2.45) is 0 Å². The topological polar surface area (TPSA) is 71.0 Å². The highest BCUT2D eigenvalue weighted by Gasteiger charge is 2.25. The maximum absolute atomic E-state index is 9.43. The third-order valence-electron chi connectivity index (χ3n) is 4.78. The predicted octanol–water partition coefficient (Wildman–Crippen LogP) is 2.30. The molecule has 8 heteroatoms. The number of hydrogen-bond donors (Lipinski definition) is 1. The highest BCUT2D eigenvalue weighted by atomic mass is 32.1. The number of piperazine rings is 1. The second-order valence-corrected chi connectivity index (χ2v) is 7.44. The molecule has 1 aliphatic rings. The number of anilines is 2. The van der Waals surface area contributed by atoms with Gasteiger partial charge in [-0.05, 0) is 30.3 Å². The van der Waals surface area contributed by atoms with Crippen molar-refractivity contribution in [3.05, 3.63) is 54.9 Å². The molecule has 1 saturated heterocycles. The molecular formula is C19H19N6OS+. The average Bonchev–Trinajstić information content (AvgIpc) is 3.29. The predicted molar refractivity (Wildman–Crippen MR) is 105 cm³/mol. The summed E-state index contributed by atoms with van der Waals surface area (Å²) in [5, 5.41) is 15.2. The normalized spacial score (nSPS) is 14.8. The van der Waals surface area contributed by atoms with Gasteiger partial charge in [-0.3, -0.25) is 4.90 Å². The first-order chi connectivity index (χ1) is 13.3. The number of nitrogens with one attached hydrogen (secondary N) is 1. The Morgan fingerprint density at radius 2 is 1.74 bits per heavy atom. The maximum atomic E-state index is 9.43. The SMILES string of the molecule is Oc1ccc(-c2cn3nc(N4CCN(c5cccc[nH+]5)CC4)sc3n2)cc1. The Morgan fingerprint density at radius 1 is 0.963 bits per heavy atom. The van der Waals surface area contributed by atoms with Gasteiger partial charge in [0.25, 0.3) is 5.82 Å². The molecule has 1 fully saturated rings. The van der Waals surface area contributed by atoms with Crippen LogP contribution < -0.4 is 14.8 Å². The quantitative estimate of drug-likeness (QED) is 0.591. The van der Waals surface area contributed by atoms with Crippen molar-refractivity contribution < 1.29 is 10.1 Å². The number of imidazole rings is 1. The zero-order chi connectivity index (χ0) is 18.2. The monoisotopic (exact) mass is 379 g/mol. The van der Waals surface area contributed by atoms with Crippen LogP contribution in [0.3, 0.4) is 0 Å². The van der Waals surface area contributed by atoms with E-state index in [4.69, 9.17) is 5.10 Å². The summed E-state index contributed by atoms with van der Waals surface area (Å²) in [6.07, 6.45) is 3.90. The molecular weight excluding hydrogens is 360 g/mol. The van der Waals surface area contributed by atoms with E-state index >= 15 is 0 Å². The van der Waals surface area contributed by atoms with Gasteiger partial charge in [0.2, 0.25) is 10.1 Å². The van der Waals surface area contributed by atoms with Crippen LogP contribution in [0.25, 0.3) is 16.2 Å². The van der Waals surface area contributed by atoms with Gasteiger partial charge in [-0.2, -0.15) is 0 Å². The number of aromatic amines is 1. The molecule has 1 aliphatic heterocycles. The molecule has 5 rings (SSSR count). The van der Waals surface area contributed by atoms with Crippen LogP contribution in [0.5, 0.6) is 5.75 Å². The van der Waals surface area contributed by atoms with E-state index < -0.39 is 0 Å². The van der Waals surface area contributed by atoms with E-state index in [0.29, 0.717) is 0 Å². The zero-order valence-corrected chi connectivity index (χ0v) is 15.4. The molecule has 7 nitrogen and oxygen atoms in total. The summed E-state index contributed by atoms with van der Waals surface area (Å²) in [6, 6.07) is 13.2. The van der Waals surface area contributed by atoms with E-state index in [9.17, 15) is 5.11 Å². The smallest absolute Gasteiger partial charge is 0.274 e. The molecule has 0 amide bonds. The van der Waals surface area contributed by atoms with E-state index in [1.165, 1.54) is 0 Å². The van der Waals surface area contributed by atoms with E-state index in [2.05, 4.69) is 31.9 Å². The lowest BCUT2D eigenvalue weighted by Crippen LogP contribution is -2.48. The molecule has 136 valence electrons. The van der Waals surface area contributed by atoms with Gasteiger partial charge in [0, 0.05) is 11.6 Å². The average molecular weight is 379 g/mol. The van der Waals surface area contributed by atoms with Crippen LogP contribution in [-0.2, 0) is 0 Å². The van der Waals surface area contributed by atoms with E-state index in [-0.39, 0.29) is 5.75 Å². The summed E-state index contributed by atoms with van der Waals surface area (Å²) in [7, 11) is 0. The van der Waals surface area contributed by atoms with Crippen molar-refractivity contribution in [1.29, 1.82) is 0 Å². The van der Waals surface area contributed by atoms with Crippen molar-refractivity contribution in [1.82, 2.24) is 14.6 Å². The summed E-state index contributed by atoms with van der Waals surface area (Å²) < 4.78 is 1.85. The fraction of sp³-hybridized carbons (Fsp3) is 0.211. The molecule has 0 spiro atoms. The van der Waals surface area contributed by atoms with Gasteiger partial charge in [-0.1, -0.05) is 17.4 Å². The number of aromatic hydroxyl groups is 1. The van der Waals surface area contributed by atoms with Gasteiger partial charge in [0.05, 0.1) is 31.2 Å². The maximum Gasteiger partial charge on any atom is 0.274 e. The number of aromatic nitrogens is 4. The first-order valence-electron chi connectivity index (χ1n) is 8.88. The number of H-pyrrole nitrogens is 1. The van der Waals surface area contributed by atoms with Gasteiger partial charge in [0.1, 0.15) is 18.8 Å². The Morgan fingerprint density at radius 3 is 2.44 bits per heavy atom. The van der Waals surface area contributed by atoms with Crippen LogP contribution in [0.1, 0.15) is 0 Å². The molecule has 4 aromatic rings. The van der Waals surface area contributed by atoms with Gasteiger partial charge >= 0.3 is 0 Å². The van der Waals surface area contributed by atoms with Gasteiger partial charge in [0.15, 0.2) is 0 Å². The van der Waals surface area contributed by atoms with Crippen LogP contribution in [0, 0.1) is 0 Å². The minimum absolute atomic E-state index is 0.257. The molecule has 0 bridgehead atoms. The van der Waals surface area contributed by atoms with Crippen molar-refractivity contribution in [3.8, 4) is 17.0 Å². The molecule has 4 heterocycles. The Bertz CT molecular complexity index is 1020. The van der Waals surface area contributed by atoms with Crippen molar-refractivity contribution in [2.75, 3.05) is 36.0 Å². The Labute approximate surface area is 160 Å². The number of benzene rings is 1. The lowest BCUT2D eigenvalue weighted by molar-refractivity contribution is -0.364. The minimum atomic E-state index is 0.257. The van der Waals surface area contributed by atoms with Crippen LogP contribution >= 0.6 is 11.3 Å². The second kappa shape index (κ2) is 6.55. The highest BCUT2D eigenvalue weighted by molar-refractivity contribution is 7.20. The highest BCUT2D eigenvalue weighted by Crippen LogP contribution is 2.28. The summed E-state index contributed by atoms with van der Waals surface area (Å²) in [6.45, 7) is 3.79. The molecule has 2 N–H and O–H groups in total. The summed E-state index contributed by atoms with van der Waals surface area (Å²) in [5.74, 6) is 1.41. The number of nitrogens with zero attached hydrogens (tertiary/aromatic N) is 5. The summed E-state index contributed by atoms with van der Waals surface area (Å²) in [5.41, 5.74) is 1.84. The second-order valence-electron chi connectivity index (χ2n) is 6.51. The fourth-order valence-electron chi connectivity index (χ4n) is 3.31.